The predicted octanol–water partition coefficient (Wildman–Crippen LogP) is 5.53. The highest BCUT2D eigenvalue weighted by Crippen LogP contribution is 2.28. The Balaban J connectivity index is 1.78. The number of hydrogen-bond donors (Lipinski definition) is 1. The summed E-state index contributed by atoms with van der Waals surface area (Å²) in [7, 11) is 0. The highest BCUT2D eigenvalue weighted by molar-refractivity contribution is 9.10. The Morgan fingerprint density at radius 1 is 1.04 bits per heavy atom. The molecule has 0 unspecified atom stereocenters. The van der Waals surface area contributed by atoms with Gasteiger partial charge >= 0.3 is 0 Å². The fourth-order valence-electron chi connectivity index (χ4n) is 1.84. The first-order valence-electron chi connectivity index (χ1n) is 6.38. The van der Waals surface area contributed by atoms with E-state index >= 15 is 0 Å². The van der Waals surface area contributed by atoms with Gasteiger partial charge in [0.25, 0.3) is 5.91 Å². The molecule has 0 radical (unpaired) electrons. The van der Waals surface area contributed by atoms with Crippen LogP contribution in [0.1, 0.15) is 10.4 Å². The van der Waals surface area contributed by atoms with Crippen molar-refractivity contribution in [1.82, 2.24) is 10.2 Å². The number of anilines is 1. The summed E-state index contributed by atoms with van der Waals surface area (Å²) in [4.78, 5) is 12.2. The number of halogens is 3. The zero-order valence-electron chi connectivity index (χ0n) is 11.4. The van der Waals surface area contributed by atoms with Gasteiger partial charge in [-0.1, -0.05) is 62.6 Å². The fraction of sp³-hybridized carbons (Fsp3) is 0. The van der Waals surface area contributed by atoms with E-state index in [2.05, 4.69) is 31.4 Å². The van der Waals surface area contributed by atoms with Gasteiger partial charge in [0.1, 0.15) is 5.01 Å². The van der Waals surface area contributed by atoms with Gasteiger partial charge in [0.2, 0.25) is 5.13 Å². The maximum absolute atomic E-state index is 12.2. The van der Waals surface area contributed by atoms with E-state index in [4.69, 9.17) is 23.2 Å². The molecule has 3 rings (SSSR count). The molecule has 0 saturated heterocycles. The molecule has 2 aromatic carbocycles. The highest BCUT2D eigenvalue weighted by atomic mass is 79.9. The molecule has 0 aliphatic rings. The minimum atomic E-state index is -0.340. The topological polar surface area (TPSA) is 54.9 Å². The van der Waals surface area contributed by atoms with Gasteiger partial charge in [-0.05, 0) is 30.3 Å². The van der Waals surface area contributed by atoms with E-state index in [-0.39, 0.29) is 5.91 Å². The van der Waals surface area contributed by atoms with Crippen LogP contribution >= 0.6 is 50.5 Å². The molecule has 0 atom stereocenters. The Kier molecular flexibility index (Phi) is 4.96. The van der Waals surface area contributed by atoms with Gasteiger partial charge < -0.3 is 0 Å². The van der Waals surface area contributed by atoms with Crippen LogP contribution in [0.2, 0.25) is 10.0 Å². The lowest BCUT2D eigenvalue weighted by atomic mass is 10.2. The van der Waals surface area contributed by atoms with Crippen molar-refractivity contribution in [3.05, 3.63) is 62.5 Å². The molecule has 0 fully saturated rings. The summed E-state index contributed by atoms with van der Waals surface area (Å²) in [6, 6.07) is 12.3. The molecule has 0 bridgehead atoms. The minimum absolute atomic E-state index is 0.340. The van der Waals surface area contributed by atoms with Crippen LogP contribution < -0.4 is 5.32 Å². The fourth-order valence-corrected chi connectivity index (χ4v) is 3.37. The standard InChI is InChI=1S/C15H8BrCl2N3OS/c16-10-3-1-8(2-4-10)14-20-21-15(23-14)19-13(22)9-5-11(17)7-12(18)6-9/h1-7H,(H,19,21,22). The van der Waals surface area contributed by atoms with Crippen molar-refractivity contribution >= 4 is 61.5 Å². The third-order valence-electron chi connectivity index (χ3n) is 2.86. The summed E-state index contributed by atoms with van der Waals surface area (Å²) in [5.74, 6) is -0.340. The van der Waals surface area contributed by atoms with Gasteiger partial charge in [-0.25, -0.2) is 0 Å². The quantitative estimate of drug-likeness (QED) is 0.596. The second kappa shape index (κ2) is 6.97. The molecule has 0 spiro atoms. The van der Waals surface area contributed by atoms with Crippen molar-refractivity contribution < 1.29 is 4.79 Å². The van der Waals surface area contributed by atoms with Crippen LogP contribution in [0.4, 0.5) is 5.13 Å². The molecule has 0 aliphatic carbocycles. The lowest BCUT2D eigenvalue weighted by Gasteiger charge is -2.02. The Labute approximate surface area is 154 Å². The number of carbonyl (C=O) groups is 1. The van der Waals surface area contributed by atoms with E-state index in [1.165, 1.54) is 11.3 Å². The molecule has 116 valence electrons. The third kappa shape index (κ3) is 4.09. The van der Waals surface area contributed by atoms with Gasteiger partial charge in [0.05, 0.1) is 0 Å². The smallest absolute Gasteiger partial charge is 0.257 e. The number of nitrogens with zero attached hydrogens (tertiary/aromatic N) is 2. The van der Waals surface area contributed by atoms with Crippen molar-refractivity contribution in [1.29, 1.82) is 0 Å². The Hall–Kier alpha value is -1.47. The Bertz CT molecular complexity index is 847. The van der Waals surface area contributed by atoms with E-state index in [1.807, 2.05) is 24.3 Å². The van der Waals surface area contributed by atoms with Crippen molar-refractivity contribution in [2.24, 2.45) is 0 Å². The van der Waals surface area contributed by atoms with Gasteiger partial charge in [-0.2, -0.15) is 0 Å². The molecular formula is C15H8BrCl2N3OS. The third-order valence-corrected chi connectivity index (χ3v) is 4.71. The molecule has 8 heteroatoms. The number of aromatic nitrogens is 2. The van der Waals surface area contributed by atoms with Crippen LogP contribution in [0.5, 0.6) is 0 Å². The first kappa shape index (κ1) is 16.4. The van der Waals surface area contributed by atoms with Crippen LogP contribution in [0.15, 0.2) is 46.9 Å². The number of benzene rings is 2. The minimum Gasteiger partial charge on any atom is -0.296 e. The maximum Gasteiger partial charge on any atom is 0.257 e. The maximum atomic E-state index is 12.2. The normalized spacial score (nSPS) is 10.6. The SMILES string of the molecule is O=C(Nc1nnc(-c2ccc(Br)cc2)s1)c1cc(Cl)cc(Cl)c1. The van der Waals surface area contributed by atoms with E-state index < -0.39 is 0 Å². The number of amides is 1. The first-order chi connectivity index (χ1) is 11.0. The van der Waals surface area contributed by atoms with Crippen molar-refractivity contribution in [2.45, 2.75) is 0 Å². The molecule has 1 amide bonds. The summed E-state index contributed by atoms with van der Waals surface area (Å²) >= 11 is 16.5. The zero-order chi connectivity index (χ0) is 16.4. The monoisotopic (exact) mass is 427 g/mol. The average Bonchev–Trinajstić information content (AvgIpc) is 2.95. The van der Waals surface area contributed by atoms with Gasteiger partial charge in [0.15, 0.2) is 0 Å². The largest absolute Gasteiger partial charge is 0.296 e. The number of nitrogens with one attached hydrogen (secondary N) is 1. The highest BCUT2D eigenvalue weighted by Gasteiger charge is 2.12. The second-order valence-corrected chi connectivity index (χ2v) is 7.30. The zero-order valence-corrected chi connectivity index (χ0v) is 15.3. The number of rotatable bonds is 3. The number of hydrogen-bond acceptors (Lipinski definition) is 4. The summed E-state index contributed by atoms with van der Waals surface area (Å²) in [5, 5.41) is 12.7. The van der Waals surface area contributed by atoms with Crippen molar-refractivity contribution in [3.8, 4) is 10.6 Å². The summed E-state index contributed by atoms with van der Waals surface area (Å²) in [5.41, 5.74) is 1.29. The second-order valence-electron chi connectivity index (χ2n) is 4.53. The lowest BCUT2D eigenvalue weighted by molar-refractivity contribution is 0.102. The van der Waals surface area contributed by atoms with E-state index in [9.17, 15) is 4.79 Å². The van der Waals surface area contributed by atoms with Crippen LogP contribution in [0, 0.1) is 0 Å². The molecule has 0 saturated carbocycles. The summed E-state index contributed by atoms with van der Waals surface area (Å²) in [6.07, 6.45) is 0. The van der Waals surface area contributed by atoms with E-state index in [0.29, 0.717) is 20.7 Å². The van der Waals surface area contributed by atoms with Crippen LogP contribution in [-0.2, 0) is 0 Å². The molecule has 3 aromatic rings. The molecule has 4 nitrogen and oxygen atoms in total. The van der Waals surface area contributed by atoms with Crippen LogP contribution in [0.25, 0.3) is 10.6 Å². The molecule has 1 heterocycles. The Morgan fingerprint density at radius 2 is 1.70 bits per heavy atom. The van der Waals surface area contributed by atoms with Crippen molar-refractivity contribution in [3.63, 3.8) is 0 Å². The van der Waals surface area contributed by atoms with Crippen LogP contribution in [0.3, 0.4) is 0 Å². The molecule has 1 aromatic heterocycles. The average molecular weight is 429 g/mol. The Morgan fingerprint density at radius 3 is 2.35 bits per heavy atom. The van der Waals surface area contributed by atoms with E-state index in [1.54, 1.807) is 18.2 Å². The van der Waals surface area contributed by atoms with Gasteiger partial charge in [0, 0.05) is 25.6 Å². The van der Waals surface area contributed by atoms with Gasteiger partial charge in [-0.15, -0.1) is 10.2 Å². The van der Waals surface area contributed by atoms with E-state index in [0.717, 1.165) is 15.0 Å². The molecule has 0 aliphatic heterocycles. The predicted molar refractivity (Wildman–Crippen MR) is 97.5 cm³/mol. The number of carbonyl (C=O) groups excluding carboxylic acids is 1. The lowest BCUT2D eigenvalue weighted by Crippen LogP contribution is -2.11. The molecular weight excluding hydrogens is 421 g/mol. The summed E-state index contributed by atoms with van der Waals surface area (Å²) < 4.78 is 0.983. The van der Waals surface area contributed by atoms with Gasteiger partial charge in [-0.3, -0.25) is 10.1 Å². The van der Waals surface area contributed by atoms with Crippen LogP contribution in [-0.4, -0.2) is 16.1 Å². The first-order valence-corrected chi connectivity index (χ1v) is 8.75. The molecule has 23 heavy (non-hydrogen) atoms. The summed E-state index contributed by atoms with van der Waals surface area (Å²) in [6.45, 7) is 0. The molecule has 1 N–H and O–H groups in total. The van der Waals surface area contributed by atoms with Crippen molar-refractivity contribution in [2.75, 3.05) is 5.32 Å².